The lowest BCUT2D eigenvalue weighted by Crippen LogP contribution is -2.39. The highest BCUT2D eigenvalue weighted by Gasteiger charge is 2.16. The van der Waals surface area contributed by atoms with E-state index in [4.69, 9.17) is 5.11 Å². The summed E-state index contributed by atoms with van der Waals surface area (Å²) in [4.78, 5) is 13.5. The van der Waals surface area contributed by atoms with Crippen LogP contribution in [0.5, 0.6) is 0 Å². The summed E-state index contributed by atoms with van der Waals surface area (Å²) in [5.74, 6) is -0.0644. The fourth-order valence-electron chi connectivity index (χ4n) is 1.76. The minimum absolute atomic E-state index is 0.0396. The van der Waals surface area contributed by atoms with Crippen LogP contribution in [0.4, 0.5) is 0 Å². The average molecular weight is 247 g/mol. The maximum Gasteiger partial charge on any atom is 0.244 e. The van der Waals surface area contributed by atoms with Crippen LogP contribution in [0.1, 0.15) is 6.92 Å². The maximum absolute atomic E-state index is 12.0. The third-order valence-corrected chi connectivity index (χ3v) is 3.15. The van der Waals surface area contributed by atoms with Crippen LogP contribution in [-0.4, -0.2) is 45.4 Å². The van der Waals surface area contributed by atoms with Crippen molar-refractivity contribution < 1.29 is 9.90 Å². The summed E-state index contributed by atoms with van der Waals surface area (Å²) in [6.45, 7) is 1.95. The number of hydrogen-bond acceptors (Lipinski definition) is 3. The predicted octanol–water partition coefficient (Wildman–Crippen LogP) is 0.875. The summed E-state index contributed by atoms with van der Waals surface area (Å²) >= 11 is 0. The molecule has 1 amide bonds. The normalized spacial score (nSPS) is 12.6. The van der Waals surface area contributed by atoms with E-state index in [1.807, 2.05) is 24.3 Å². The Labute approximate surface area is 106 Å². The zero-order chi connectivity index (χ0) is 13.1. The van der Waals surface area contributed by atoms with Gasteiger partial charge < -0.3 is 10.0 Å². The zero-order valence-electron chi connectivity index (χ0n) is 10.6. The molecule has 96 valence electrons. The first-order valence-electron chi connectivity index (χ1n) is 5.90. The molecule has 0 spiro atoms. The molecule has 0 saturated carbocycles. The SMILES string of the molecule is CC(CO)N(C)C(=O)Cn1ncc2ccccc21. The van der Waals surface area contributed by atoms with Gasteiger partial charge in [0.25, 0.3) is 0 Å². The van der Waals surface area contributed by atoms with E-state index < -0.39 is 0 Å². The number of nitrogens with zero attached hydrogens (tertiary/aromatic N) is 3. The number of carbonyl (C=O) groups excluding carboxylic acids is 1. The molecule has 18 heavy (non-hydrogen) atoms. The van der Waals surface area contributed by atoms with Gasteiger partial charge in [0, 0.05) is 12.4 Å². The molecule has 5 nitrogen and oxygen atoms in total. The number of para-hydroxylation sites is 1. The van der Waals surface area contributed by atoms with E-state index in [1.165, 1.54) is 4.90 Å². The van der Waals surface area contributed by atoms with Gasteiger partial charge in [0.15, 0.2) is 0 Å². The van der Waals surface area contributed by atoms with E-state index >= 15 is 0 Å². The topological polar surface area (TPSA) is 58.4 Å². The van der Waals surface area contributed by atoms with Crippen LogP contribution in [0, 0.1) is 0 Å². The molecule has 1 unspecified atom stereocenters. The van der Waals surface area contributed by atoms with E-state index in [-0.39, 0.29) is 25.1 Å². The molecular weight excluding hydrogens is 230 g/mol. The van der Waals surface area contributed by atoms with Gasteiger partial charge in [0.2, 0.25) is 5.91 Å². The summed E-state index contributed by atoms with van der Waals surface area (Å²) in [7, 11) is 1.69. The third-order valence-electron chi connectivity index (χ3n) is 3.15. The second kappa shape index (κ2) is 5.18. The van der Waals surface area contributed by atoms with E-state index in [1.54, 1.807) is 24.9 Å². The Hall–Kier alpha value is -1.88. The van der Waals surface area contributed by atoms with Crippen molar-refractivity contribution >= 4 is 16.8 Å². The minimum atomic E-state index is -0.181. The summed E-state index contributed by atoms with van der Waals surface area (Å²) in [5.41, 5.74) is 0.941. The molecule has 1 N–H and O–H groups in total. The van der Waals surface area contributed by atoms with Crippen LogP contribution in [-0.2, 0) is 11.3 Å². The number of aromatic nitrogens is 2. The molecule has 0 aliphatic rings. The molecule has 2 aromatic rings. The van der Waals surface area contributed by atoms with Gasteiger partial charge in [-0.1, -0.05) is 18.2 Å². The van der Waals surface area contributed by atoms with Crippen molar-refractivity contribution in [1.82, 2.24) is 14.7 Å². The van der Waals surface area contributed by atoms with Crippen LogP contribution >= 0.6 is 0 Å². The number of rotatable bonds is 4. The highest BCUT2D eigenvalue weighted by atomic mass is 16.3. The van der Waals surface area contributed by atoms with Crippen LogP contribution in [0.25, 0.3) is 10.9 Å². The number of fused-ring (bicyclic) bond motifs is 1. The quantitative estimate of drug-likeness (QED) is 0.872. The molecule has 1 aromatic carbocycles. The number of benzene rings is 1. The van der Waals surface area contributed by atoms with Crippen LogP contribution in [0.15, 0.2) is 30.5 Å². The largest absolute Gasteiger partial charge is 0.394 e. The van der Waals surface area contributed by atoms with Crippen molar-refractivity contribution in [2.75, 3.05) is 13.7 Å². The number of amides is 1. The molecule has 0 saturated heterocycles. The lowest BCUT2D eigenvalue weighted by atomic mass is 10.2. The molecule has 0 radical (unpaired) electrons. The number of hydrogen-bond donors (Lipinski definition) is 1. The first-order chi connectivity index (χ1) is 8.63. The average Bonchev–Trinajstić information content (AvgIpc) is 2.80. The van der Waals surface area contributed by atoms with Crippen molar-refractivity contribution in [1.29, 1.82) is 0 Å². The number of carbonyl (C=O) groups is 1. The van der Waals surface area contributed by atoms with Crippen molar-refractivity contribution in [2.45, 2.75) is 19.5 Å². The second-order valence-corrected chi connectivity index (χ2v) is 4.40. The van der Waals surface area contributed by atoms with Crippen molar-refractivity contribution in [3.8, 4) is 0 Å². The smallest absolute Gasteiger partial charge is 0.244 e. The van der Waals surface area contributed by atoms with E-state index in [2.05, 4.69) is 5.10 Å². The summed E-state index contributed by atoms with van der Waals surface area (Å²) in [6, 6.07) is 7.58. The summed E-state index contributed by atoms with van der Waals surface area (Å²) in [5, 5.41) is 14.3. The molecule has 1 heterocycles. The summed E-state index contributed by atoms with van der Waals surface area (Å²) < 4.78 is 1.68. The molecule has 1 atom stereocenters. The zero-order valence-corrected chi connectivity index (χ0v) is 10.6. The Bertz CT molecular complexity index is 550. The molecular formula is C13H17N3O2. The van der Waals surface area contributed by atoms with Crippen molar-refractivity contribution in [3.63, 3.8) is 0 Å². The first kappa shape index (κ1) is 12.6. The molecule has 0 fully saturated rings. The van der Waals surface area contributed by atoms with Gasteiger partial charge in [0.05, 0.1) is 24.4 Å². The molecule has 0 bridgehead atoms. The molecule has 0 aliphatic carbocycles. The molecule has 2 rings (SSSR count). The van der Waals surface area contributed by atoms with E-state index in [9.17, 15) is 4.79 Å². The van der Waals surface area contributed by atoms with Crippen LogP contribution in [0.3, 0.4) is 0 Å². The van der Waals surface area contributed by atoms with Gasteiger partial charge in [0.1, 0.15) is 6.54 Å². The van der Waals surface area contributed by atoms with Gasteiger partial charge in [-0.15, -0.1) is 0 Å². The highest BCUT2D eigenvalue weighted by Crippen LogP contribution is 2.12. The number of aliphatic hydroxyl groups is 1. The molecule has 5 heteroatoms. The van der Waals surface area contributed by atoms with Gasteiger partial charge in [-0.2, -0.15) is 5.10 Å². The Morgan fingerprint density at radius 1 is 1.50 bits per heavy atom. The maximum atomic E-state index is 12.0. The second-order valence-electron chi connectivity index (χ2n) is 4.40. The fourth-order valence-corrected chi connectivity index (χ4v) is 1.76. The lowest BCUT2D eigenvalue weighted by molar-refractivity contribution is -0.133. The predicted molar refractivity (Wildman–Crippen MR) is 69.1 cm³/mol. The van der Waals surface area contributed by atoms with Gasteiger partial charge in [-0.3, -0.25) is 9.48 Å². The van der Waals surface area contributed by atoms with Gasteiger partial charge in [-0.05, 0) is 13.0 Å². The van der Waals surface area contributed by atoms with Crippen LogP contribution < -0.4 is 0 Å². The summed E-state index contributed by atoms with van der Waals surface area (Å²) in [6.07, 6.45) is 1.75. The fraction of sp³-hybridized carbons (Fsp3) is 0.385. The minimum Gasteiger partial charge on any atom is -0.394 e. The molecule has 0 aliphatic heterocycles. The Kier molecular flexibility index (Phi) is 3.62. The van der Waals surface area contributed by atoms with Crippen molar-refractivity contribution in [3.05, 3.63) is 30.5 Å². The highest BCUT2D eigenvalue weighted by molar-refractivity contribution is 5.82. The first-order valence-corrected chi connectivity index (χ1v) is 5.90. The monoisotopic (exact) mass is 247 g/mol. The van der Waals surface area contributed by atoms with Gasteiger partial charge >= 0.3 is 0 Å². The Morgan fingerprint density at radius 3 is 2.94 bits per heavy atom. The standard InChI is InChI=1S/C13H17N3O2/c1-10(9-17)15(2)13(18)8-16-12-6-4-3-5-11(12)7-14-16/h3-7,10,17H,8-9H2,1-2H3. The lowest BCUT2D eigenvalue weighted by Gasteiger charge is -2.23. The van der Waals surface area contributed by atoms with Crippen LogP contribution in [0.2, 0.25) is 0 Å². The Balaban J connectivity index is 2.16. The van der Waals surface area contributed by atoms with Crippen molar-refractivity contribution in [2.24, 2.45) is 0 Å². The Morgan fingerprint density at radius 2 is 2.22 bits per heavy atom. The third kappa shape index (κ3) is 2.36. The molecule has 1 aromatic heterocycles. The van der Waals surface area contributed by atoms with E-state index in [0.717, 1.165) is 10.9 Å². The number of likely N-dealkylation sites (N-methyl/N-ethyl adjacent to an activating group) is 1. The van der Waals surface area contributed by atoms with Gasteiger partial charge in [-0.25, -0.2) is 0 Å². The van der Waals surface area contributed by atoms with E-state index in [0.29, 0.717) is 0 Å². The number of aliphatic hydroxyl groups excluding tert-OH is 1.